The van der Waals surface area contributed by atoms with Crippen LogP contribution in [0.25, 0.3) is 10.8 Å². The maximum Gasteiger partial charge on any atom is 0.268 e. The molecule has 0 fully saturated rings. The number of rotatable bonds is 2. The average molecular weight is 244 g/mol. The van der Waals surface area contributed by atoms with E-state index >= 15 is 0 Å². The van der Waals surface area contributed by atoms with Crippen LogP contribution in [0.2, 0.25) is 4.34 Å². The van der Waals surface area contributed by atoms with Crippen molar-refractivity contribution >= 4 is 22.9 Å². The number of hydrogen-bond acceptors (Lipinski definition) is 5. The summed E-state index contributed by atoms with van der Waals surface area (Å²) in [5, 5.41) is 3.83. The van der Waals surface area contributed by atoms with E-state index in [-0.39, 0.29) is 0 Å². The van der Waals surface area contributed by atoms with Gasteiger partial charge in [0.2, 0.25) is 0 Å². The van der Waals surface area contributed by atoms with Crippen molar-refractivity contribution < 1.29 is 4.52 Å². The molecule has 0 atom stereocenters. The molecule has 2 rings (SSSR count). The van der Waals surface area contributed by atoms with Crippen LogP contribution < -0.4 is 5.73 Å². The molecule has 0 aliphatic heterocycles. The zero-order chi connectivity index (χ0) is 11.1. The van der Waals surface area contributed by atoms with Gasteiger partial charge in [0.25, 0.3) is 5.89 Å². The summed E-state index contributed by atoms with van der Waals surface area (Å²) in [5.41, 5.74) is 5.25. The van der Waals surface area contributed by atoms with Gasteiger partial charge in [-0.25, -0.2) is 0 Å². The fraction of sp³-hybridized carbons (Fsp3) is 0.333. The number of aromatic nitrogens is 2. The van der Waals surface area contributed by atoms with Gasteiger partial charge in [-0.05, 0) is 26.0 Å². The maximum absolute atomic E-state index is 5.85. The van der Waals surface area contributed by atoms with Crippen LogP contribution >= 0.6 is 22.9 Å². The van der Waals surface area contributed by atoms with Gasteiger partial charge in [0.15, 0.2) is 5.82 Å². The second kappa shape index (κ2) is 3.59. The van der Waals surface area contributed by atoms with E-state index in [0.29, 0.717) is 16.1 Å². The summed E-state index contributed by atoms with van der Waals surface area (Å²) in [6.45, 7) is 3.64. The van der Waals surface area contributed by atoms with E-state index in [4.69, 9.17) is 21.9 Å². The van der Waals surface area contributed by atoms with Crippen molar-refractivity contribution in [3.8, 4) is 10.8 Å². The van der Waals surface area contributed by atoms with E-state index < -0.39 is 5.54 Å². The third-order valence-corrected chi connectivity index (χ3v) is 3.01. The van der Waals surface area contributed by atoms with Crippen LogP contribution in [0.1, 0.15) is 19.7 Å². The summed E-state index contributed by atoms with van der Waals surface area (Å²) in [5.74, 6) is 0.947. The second-order valence-electron chi connectivity index (χ2n) is 3.75. The predicted octanol–water partition coefficient (Wildman–Crippen LogP) is 2.65. The number of halogens is 1. The highest BCUT2D eigenvalue weighted by Crippen LogP contribution is 2.30. The number of nitrogens with two attached hydrogens (primary N) is 1. The van der Waals surface area contributed by atoms with Crippen LogP contribution in [0.5, 0.6) is 0 Å². The van der Waals surface area contributed by atoms with Crippen LogP contribution in [0.4, 0.5) is 0 Å². The van der Waals surface area contributed by atoms with Crippen molar-refractivity contribution in [2.75, 3.05) is 0 Å². The Kier molecular flexibility index (Phi) is 2.54. The summed E-state index contributed by atoms with van der Waals surface area (Å²) in [4.78, 5) is 5.06. The van der Waals surface area contributed by atoms with E-state index in [0.717, 1.165) is 4.88 Å². The molecule has 0 bridgehead atoms. The van der Waals surface area contributed by atoms with Gasteiger partial charge in [0.05, 0.1) is 14.8 Å². The highest BCUT2D eigenvalue weighted by Gasteiger charge is 2.22. The lowest BCUT2D eigenvalue weighted by molar-refractivity contribution is 0.397. The molecular formula is C9H10ClN3OS. The van der Waals surface area contributed by atoms with Gasteiger partial charge in [-0.3, -0.25) is 0 Å². The standard InChI is InChI=1S/C9H10ClN3OS/c1-9(2,11)8-12-7(14-13-8)5-3-4-6(10)15-5/h3-4H,11H2,1-2H3. The van der Waals surface area contributed by atoms with Gasteiger partial charge >= 0.3 is 0 Å². The van der Waals surface area contributed by atoms with E-state index in [1.165, 1.54) is 11.3 Å². The lowest BCUT2D eigenvalue weighted by atomic mass is 10.1. The van der Waals surface area contributed by atoms with Gasteiger partial charge in [0, 0.05) is 0 Å². The minimum atomic E-state index is -0.594. The van der Waals surface area contributed by atoms with Gasteiger partial charge < -0.3 is 10.3 Å². The van der Waals surface area contributed by atoms with Crippen LogP contribution in [0, 0.1) is 0 Å². The lowest BCUT2D eigenvalue weighted by Crippen LogP contribution is -2.30. The summed E-state index contributed by atoms with van der Waals surface area (Å²) in [6, 6.07) is 3.63. The molecule has 0 saturated heterocycles. The zero-order valence-corrected chi connectivity index (χ0v) is 9.89. The molecule has 0 spiro atoms. The third-order valence-electron chi connectivity index (χ3n) is 1.79. The Bertz CT molecular complexity index is 472. The first-order chi connectivity index (χ1) is 6.97. The Labute approximate surface area is 96.1 Å². The van der Waals surface area contributed by atoms with Gasteiger partial charge in [-0.15, -0.1) is 11.3 Å². The monoisotopic (exact) mass is 243 g/mol. The van der Waals surface area contributed by atoms with E-state index in [9.17, 15) is 0 Å². The molecule has 15 heavy (non-hydrogen) atoms. The molecule has 0 unspecified atom stereocenters. The Morgan fingerprint density at radius 3 is 2.67 bits per heavy atom. The van der Waals surface area contributed by atoms with Gasteiger partial charge in [-0.2, -0.15) is 4.98 Å². The molecule has 6 heteroatoms. The molecule has 2 aromatic rings. The topological polar surface area (TPSA) is 64.9 Å². The summed E-state index contributed by atoms with van der Waals surface area (Å²) in [7, 11) is 0. The average Bonchev–Trinajstić information content (AvgIpc) is 2.69. The second-order valence-corrected chi connectivity index (χ2v) is 5.46. The molecule has 0 amide bonds. The molecule has 0 radical (unpaired) electrons. The van der Waals surface area contributed by atoms with Crippen molar-refractivity contribution in [1.29, 1.82) is 0 Å². The molecule has 0 aliphatic rings. The summed E-state index contributed by atoms with van der Waals surface area (Å²) < 4.78 is 5.79. The molecule has 80 valence electrons. The first kappa shape index (κ1) is 10.6. The normalized spacial score (nSPS) is 12.0. The molecule has 2 aromatic heterocycles. The number of hydrogen-bond donors (Lipinski definition) is 1. The predicted molar refractivity (Wildman–Crippen MR) is 59.8 cm³/mol. The van der Waals surface area contributed by atoms with Crippen molar-refractivity contribution in [2.24, 2.45) is 5.73 Å². The first-order valence-corrected chi connectivity index (χ1v) is 5.55. The fourth-order valence-corrected chi connectivity index (χ4v) is 1.98. The van der Waals surface area contributed by atoms with Crippen molar-refractivity contribution in [3.05, 3.63) is 22.3 Å². The first-order valence-electron chi connectivity index (χ1n) is 4.35. The quantitative estimate of drug-likeness (QED) is 0.881. The smallest absolute Gasteiger partial charge is 0.268 e. The van der Waals surface area contributed by atoms with E-state index in [1.54, 1.807) is 6.07 Å². The van der Waals surface area contributed by atoms with Crippen molar-refractivity contribution in [1.82, 2.24) is 10.1 Å². The van der Waals surface area contributed by atoms with Gasteiger partial charge in [0.1, 0.15) is 0 Å². The number of thiophene rings is 1. The zero-order valence-electron chi connectivity index (χ0n) is 8.32. The van der Waals surface area contributed by atoms with E-state index in [2.05, 4.69) is 10.1 Å². The third kappa shape index (κ3) is 2.19. The minimum absolute atomic E-state index is 0.459. The SMILES string of the molecule is CC(C)(N)c1noc(-c2ccc(Cl)s2)n1. The molecule has 2 N–H and O–H groups in total. The Morgan fingerprint density at radius 1 is 1.47 bits per heavy atom. The molecular weight excluding hydrogens is 234 g/mol. The molecule has 0 saturated carbocycles. The highest BCUT2D eigenvalue weighted by atomic mass is 35.5. The minimum Gasteiger partial charge on any atom is -0.333 e. The largest absolute Gasteiger partial charge is 0.333 e. The van der Waals surface area contributed by atoms with Crippen molar-refractivity contribution in [2.45, 2.75) is 19.4 Å². The summed E-state index contributed by atoms with van der Waals surface area (Å²) in [6.07, 6.45) is 0. The maximum atomic E-state index is 5.85. The fourth-order valence-electron chi connectivity index (χ4n) is 1.01. The molecule has 2 heterocycles. The number of nitrogens with zero attached hydrogens (tertiary/aromatic N) is 2. The molecule has 4 nitrogen and oxygen atoms in total. The Balaban J connectivity index is 2.36. The van der Waals surface area contributed by atoms with Crippen molar-refractivity contribution in [3.63, 3.8) is 0 Å². The van der Waals surface area contributed by atoms with Crippen LogP contribution in [-0.4, -0.2) is 10.1 Å². The van der Waals surface area contributed by atoms with Gasteiger partial charge in [-0.1, -0.05) is 16.8 Å². The Hall–Kier alpha value is -0.910. The van der Waals surface area contributed by atoms with E-state index in [1.807, 2.05) is 19.9 Å². The Morgan fingerprint density at radius 2 is 2.20 bits per heavy atom. The van der Waals surface area contributed by atoms with Crippen LogP contribution in [0.3, 0.4) is 0 Å². The summed E-state index contributed by atoms with van der Waals surface area (Å²) >= 11 is 7.20. The molecule has 0 aliphatic carbocycles. The van der Waals surface area contributed by atoms with Crippen LogP contribution in [-0.2, 0) is 5.54 Å². The molecule has 0 aromatic carbocycles. The highest BCUT2D eigenvalue weighted by molar-refractivity contribution is 7.19. The van der Waals surface area contributed by atoms with Crippen LogP contribution in [0.15, 0.2) is 16.7 Å². The lowest BCUT2D eigenvalue weighted by Gasteiger charge is -2.11.